The van der Waals surface area contributed by atoms with E-state index >= 15 is 0 Å². The zero-order chi connectivity index (χ0) is 15.4. The summed E-state index contributed by atoms with van der Waals surface area (Å²) in [4.78, 5) is 14.3. The molecular formula is C19H21NOS. The Kier molecular flexibility index (Phi) is 4.84. The number of anilines is 1. The Labute approximate surface area is 136 Å². The second-order valence-corrected chi connectivity index (χ2v) is 6.68. The van der Waals surface area contributed by atoms with Gasteiger partial charge in [-0.3, -0.25) is 9.69 Å². The lowest BCUT2D eigenvalue weighted by Crippen LogP contribution is -2.27. The Hall–Kier alpha value is -1.74. The van der Waals surface area contributed by atoms with Crippen molar-refractivity contribution in [3.63, 3.8) is 0 Å². The third kappa shape index (κ3) is 3.20. The maximum Gasteiger partial charge on any atom is 0.238 e. The zero-order valence-corrected chi connectivity index (χ0v) is 13.7. The van der Waals surface area contributed by atoms with Crippen molar-refractivity contribution in [2.75, 3.05) is 10.7 Å². The number of unbranched alkanes of at least 4 members (excludes halogenated alkanes) is 1. The van der Waals surface area contributed by atoms with Gasteiger partial charge >= 0.3 is 0 Å². The summed E-state index contributed by atoms with van der Waals surface area (Å²) in [6.45, 7) is 2.21. The van der Waals surface area contributed by atoms with Crippen LogP contribution in [0.15, 0.2) is 54.6 Å². The molecule has 0 radical (unpaired) electrons. The van der Waals surface area contributed by atoms with E-state index in [-0.39, 0.29) is 11.3 Å². The highest BCUT2D eigenvalue weighted by atomic mass is 32.2. The lowest BCUT2D eigenvalue weighted by molar-refractivity contribution is -0.115. The summed E-state index contributed by atoms with van der Waals surface area (Å²) in [5.74, 6) is 0.747. The monoisotopic (exact) mass is 311 g/mol. The Balaban J connectivity index is 1.83. The van der Waals surface area contributed by atoms with Crippen LogP contribution in [-0.4, -0.2) is 11.7 Å². The fourth-order valence-corrected chi connectivity index (χ4v) is 3.95. The molecule has 1 saturated heterocycles. The molecule has 2 aromatic carbocycles. The number of thioether (sulfide) groups is 1. The molecule has 1 heterocycles. The van der Waals surface area contributed by atoms with Gasteiger partial charge in [0.25, 0.3) is 0 Å². The molecule has 22 heavy (non-hydrogen) atoms. The minimum Gasteiger partial charge on any atom is -0.295 e. The van der Waals surface area contributed by atoms with Crippen molar-refractivity contribution >= 4 is 23.4 Å². The second kappa shape index (κ2) is 7.01. The van der Waals surface area contributed by atoms with Gasteiger partial charge in [0.1, 0.15) is 5.37 Å². The summed E-state index contributed by atoms with van der Waals surface area (Å²) >= 11 is 1.70. The highest BCUT2D eigenvalue weighted by Crippen LogP contribution is 2.41. The van der Waals surface area contributed by atoms with Crippen LogP contribution in [0.2, 0.25) is 0 Å². The van der Waals surface area contributed by atoms with Crippen LogP contribution in [0.1, 0.15) is 36.3 Å². The molecule has 0 spiro atoms. The van der Waals surface area contributed by atoms with E-state index in [1.165, 1.54) is 24.0 Å². The van der Waals surface area contributed by atoms with E-state index in [0.717, 1.165) is 12.1 Å². The van der Waals surface area contributed by atoms with Crippen molar-refractivity contribution in [2.45, 2.75) is 31.6 Å². The number of amides is 1. The number of nitrogens with zero attached hydrogens (tertiary/aromatic N) is 1. The fraction of sp³-hybridized carbons (Fsp3) is 0.316. The molecule has 1 aliphatic rings. The van der Waals surface area contributed by atoms with Crippen LogP contribution in [0.25, 0.3) is 0 Å². The molecule has 1 fully saturated rings. The van der Waals surface area contributed by atoms with Gasteiger partial charge < -0.3 is 0 Å². The first kappa shape index (κ1) is 15.2. The predicted octanol–water partition coefficient (Wildman–Crippen LogP) is 4.81. The third-order valence-electron chi connectivity index (χ3n) is 3.99. The van der Waals surface area contributed by atoms with Crippen molar-refractivity contribution < 1.29 is 4.79 Å². The minimum atomic E-state index is 0.0928. The van der Waals surface area contributed by atoms with E-state index < -0.39 is 0 Å². The Morgan fingerprint density at radius 3 is 2.50 bits per heavy atom. The van der Waals surface area contributed by atoms with Crippen LogP contribution < -0.4 is 4.90 Å². The average molecular weight is 311 g/mol. The Morgan fingerprint density at radius 2 is 1.82 bits per heavy atom. The van der Waals surface area contributed by atoms with Crippen molar-refractivity contribution in [1.82, 2.24) is 0 Å². The van der Waals surface area contributed by atoms with Crippen LogP contribution in [0.5, 0.6) is 0 Å². The van der Waals surface area contributed by atoms with Gasteiger partial charge in [0.05, 0.1) is 5.75 Å². The Bertz CT molecular complexity index is 624. The van der Waals surface area contributed by atoms with Gasteiger partial charge in [0, 0.05) is 5.69 Å². The topological polar surface area (TPSA) is 20.3 Å². The van der Waals surface area contributed by atoms with Crippen molar-refractivity contribution in [3.05, 3.63) is 65.7 Å². The van der Waals surface area contributed by atoms with Crippen molar-refractivity contribution in [3.8, 4) is 0 Å². The molecule has 1 aliphatic heterocycles. The fourth-order valence-electron chi connectivity index (χ4n) is 2.77. The zero-order valence-electron chi connectivity index (χ0n) is 12.9. The van der Waals surface area contributed by atoms with E-state index in [9.17, 15) is 4.79 Å². The first-order valence-electron chi connectivity index (χ1n) is 7.87. The van der Waals surface area contributed by atoms with E-state index in [1.54, 1.807) is 11.8 Å². The number of aryl methyl sites for hydroxylation is 1. The van der Waals surface area contributed by atoms with Gasteiger partial charge in [-0.25, -0.2) is 0 Å². The highest BCUT2D eigenvalue weighted by Gasteiger charge is 2.33. The van der Waals surface area contributed by atoms with Crippen LogP contribution in [-0.2, 0) is 11.2 Å². The lowest BCUT2D eigenvalue weighted by Gasteiger charge is -2.24. The van der Waals surface area contributed by atoms with Crippen LogP contribution >= 0.6 is 11.8 Å². The smallest absolute Gasteiger partial charge is 0.238 e. The van der Waals surface area contributed by atoms with Gasteiger partial charge in [0.2, 0.25) is 5.91 Å². The van der Waals surface area contributed by atoms with Crippen molar-refractivity contribution in [2.24, 2.45) is 0 Å². The summed E-state index contributed by atoms with van der Waals surface area (Å²) in [6, 6.07) is 18.8. The summed E-state index contributed by atoms with van der Waals surface area (Å²) in [5.41, 5.74) is 3.54. The molecule has 0 N–H and O–H groups in total. The van der Waals surface area contributed by atoms with E-state index in [2.05, 4.69) is 43.3 Å². The largest absolute Gasteiger partial charge is 0.295 e. The molecule has 114 valence electrons. The number of benzene rings is 2. The van der Waals surface area contributed by atoms with Crippen LogP contribution in [0, 0.1) is 0 Å². The third-order valence-corrected chi connectivity index (χ3v) is 5.20. The molecule has 0 aromatic heterocycles. The second-order valence-electron chi connectivity index (χ2n) is 5.61. The van der Waals surface area contributed by atoms with Crippen LogP contribution in [0.4, 0.5) is 5.69 Å². The average Bonchev–Trinajstić information content (AvgIpc) is 2.96. The van der Waals surface area contributed by atoms with Gasteiger partial charge in [0.15, 0.2) is 0 Å². The molecule has 2 aromatic rings. The maximum atomic E-state index is 12.3. The standard InChI is InChI=1S/C19H21NOS/c1-2-3-7-15-10-12-17(13-11-15)20-18(21)14-22-19(20)16-8-5-4-6-9-16/h4-6,8-13,19H,2-3,7,14H2,1H3/t19-/m1/s1. The lowest BCUT2D eigenvalue weighted by atomic mass is 10.1. The molecule has 0 bridgehead atoms. The summed E-state index contributed by atoms with van der Waals surface area (Å²) < 4.78 is 0. The van der Waals surface area contributed by atoms with Gasteiger partial charge in [-0.15, -0.1) is 11.8 Å². The van der Waals surface area contributed by atoms with Crippen molar-refractivity contribution in [1.29, 1.82) is 0 Å². The molecule has 1 amide bonds. The highest BCUT2D eigenvalue weighted by molar-refractivity contribution is 8.00. The number of carbonyl (C=O) groups is 1. The molecule has 0 saturated carbocycles. The molecule has 3 heteroatoms. The number of hydrogen-bond acceptors (Lipinski definition) is 2. The molecule has 0 unspecified atom stereocenters. The number of rotatable bonds is 5. The normalized spacial score (nSPS) is 18.0. The SMILES string of the molecule is CCCCc1ccc(N2C(=O)CS[C@@H]2c2ccccc2)cc1. The molecule has 3 rings (SSSR count). The van der Waals surface area contributed by atoms with Gasteiger partial charge in [-0.05, 0) is 36.1 Å². The summed E-state index contributed by atoms with van der Waals surface area (Å²) in [5, 5.41) is 0.0928. The van der Waals surface area contributed by atoms with Crippen LogP contribution in [0.3, 0.4) is 0 Å². The molecule has 2 nitrogen and oxygen atoms in total. The first-order valence-corrected chi connectivity index (χ1v) is 8.92. The summed E-state index contributed by atoms with van der Waals surface area (Å²) in [6.07, 6.45) is 3.53. The first-order chi connectivity index (χ1) is 10.8. The van der Waals surface area contributed by atoms with E-state index in [1.807, 2.05) is 23.1 Å². The number of hydrogen-bond donors (Lipinski definition) is 0. The summed E-state index contributed by atoms with van der Waals surface area (Å²) in [7, 11) is 0. The minimum absolute atomic E-state index is 0.0928. The molecule has 1 atom stereocenters. The predicted molar refractivity (Wildman–Crippen MR) is 94.2 cm³/mol. The van der Waals surface area contributed by atoms with Gasteiger partial charge in [-0.1, -0.05) is 55.8 Å². The Morgan fingerprint density at radius 1 is 1.09 bits per heavy atom. The molecule has 0 aliphatic carbocycles. The van der Waals surface area contributed by atoms with E-state index in [0.29, 0.717) is 5.75 Å². The van der Waals surface area contributed by atoms with E-state index in [4.69, 9.17) is 0 Å². The molecular weight excluding hydrogens is 290 g/mol. The maximum absolute atomic E-state index is 12.3. The quantitative estimate of drug-likeness (QED) is 0.790. The van der Waals surface area contributed by atoms with Gasteiger partial charge in [-0.2, -0.15) is 0 Å². The number of carbonyl (C=O) groups excluding carboxylic acids is 1.